The van der Waals surface area contributed by atoms with Gasteiger partial charge < -0.3 is 14.7 Å². The van der Waals surface area contributed by atoms with Crippen LogP contribution in [0.1, 0.15) is 17.5 Å². The molecule has 1 spiro atoms. The maximum atomic E-state index is 12.7. The van der Waals surface area contributed by atoms with Crippen molar-refractivity contribution >= 4 is 21.5 Å². The molecule has 0 unspecified atom stereocenters. The van der Waals surface area contributed by atoms with Crippen LogP contribution in [0.2, 0.25) is 0 Å². The number of aliphatic hydroxyl groups is 1. The lowest BCUT2D eigenvalue weighted by Crippen LogP contribution is -2.49. The first-order chi connectivity index (χ1) is 15.4. The minimum Gasteiger partial charge on any atom is -0.396 e. The molecule has 2 aliphatic rings. The van der Waals surface area contributed by atoms with Crippen molar-refractivity contribution in [3.8, 4) is 11.3 Å². The molecule has 0 aliphatic carbocycles. The van der Waals surface area contributed by atoms with E-state index in [2.05, 4.69) is 15.0 Å². The zero-order valence-corrected chi connectivity index (χ0v) is 18.5. The van der Waals surface area contributed by atoms with Crippen LogP contribution in [0.15, 0.2) is 53.8 Å². The summed E-state index contributed by atoms with van der Waals surface area (Å²) in [5, 5.41) is 9.04. The van der Waals surface area contributed by atoms with Gasteiger partial charge in [-0.2, -0.15) is 0 Å². The van der Waals surface area contributed by atoms with Crippen molar-refractivity contribution in [2.24, 2.45) is 0 Å². The SMILES string of the molecule is Cc1ccnc(-c2cnc(N3CC4(COC4)c4ccc(S(=O)(=O)CCCO)cc43)nc2)c1. The van der Waals surface area contributed by atoms with Gasteiger partial charge in [0.1, 0.15) is 0 Å². The van der Waals surface area contributed by atoms with Gasteiger partial charge in [-0.05, 0) is 48.7 Å². The van der Waals surface area contributed by atoms with Gasteiger partial charge in [-0.15, -0.1) is 0 Å². The number of benzene rings is 1. The van der Waals surface area contributed by atoms with Gasteiger partial charge in [0.2, 0.25) is 5.95 Å². The Bertz CT molecular complexity index is 1260. The van der Waals surface area contributed by atoms with E-state index in [0.29, 0.717) is 25.7 Å². The van der Waals surface area contributed by atoms with Crippen molar-refractivity contribution in [1.29, 1.82) is 0 Å². The number of pyridine rings is 1. The number of fused-ring (bicyclic) bond motifs is 2. The molecule has 1 aromatic carbocycles. The van der Waals surface area contributed by atoms with Gasteiger partial charge in [-0.1, -0.05) is 6.07 Å². The number of sulfone groups is 1. The predicted molar refractivity (Wildman–Crippen MR) is 120 cm³/mol. The molecule has 1 fully saturated rings. The summed E-state index contributed by atoms with van der Waals surface area (Å²) in [6.45, 7) is 3.64. The molecule has 1 saturated heterocycles. The molecule has 0 atom stereocenters. The Kier molecular flexibility index (Phi) is 5.19. The second kappa shape index (κ2) is 7.91. The number of nitrogens with zero attached hydrogens (tertiary/aromatic N) is 4. The average molecular weight is 453 g/mol. The second-order valence-electron chi connectivity index (χ2n) is 8.42. The van der Waals surface area contributed by atoms with Gasteiger partial charge in [-0.25, -0.2) is 18.4 Å². The van der Waals surface area contributed by atoms with Crippen LogP contribution in [0.5, 0.6) is 0 Å². The minimum absolute atomic E-state index is 0.0920. The second-order valence-corrected chi connectivity index (χ2v) is 10.5. The third kappa shape index (κ3) is 3.56. The molecule has 0 saturated carbocycles. The van der Waals surface area contributed by atoms with Crippen LogP contribution < -0.4 is 4.90 Å². The number of aromatic nitrogens is 3. The van der Waals surface area contributed by atoms with Crippen LogP contribution >= 0.6 is 0 Å². The van der Waals surface area contributed by atoms with E-state index in [9.17, 15) is 8.42 Å². The van der Waals surface area contributed by atoms with Crippen molar-refractivity contribution in [1.82, 2.24) is 15.0 Å². The monoisotopic (exact) mass is 452 g/mol. The highest BCUT2D eigenvalue weighted by Gasteiger charge is 2.49. The summed E-state index contributed by atoms with van der Waals surface area (Å²) in [6.07, 6.45) is 5.45. The predicted octanol–water partition coefficient (Wildman–Crippen LogP) is 2.42. The normalized spacial score (nSPS) is 16.8. The van der Waals surface area contributed by atoms with Crippen molar-refractivity contribution in [2.45, 2.75) is 23.7 Å². The highest BCUT2D eigenvalue weighted by Crippen LogP contribution is 2.48. The van der Waals surface area contributed by atoms with Crippen LogP contribution in [0, 0.1) is 6.92 Å². The topological polar surface area (TPSA) is 106 Å². The van der Waals surface area contributed by atoms with E-state index in [4.69, 9.17) is 9.84 Å². The smallest absolute Gasteiger partial charge is 0.229 e. The molecular formula is C23H24N4O4S. The summed E-state index contributed by atoms with van der Waals surface area (Å²) in [6, 6.07) is 9.16. The molecule has 2 aromatic heterocycles. The summed E-state index contributed by atoms with van der Waals surface area (Å²) >= 11 is 0. The number of ether oxygens (including phenoxy) is 1. The average Bonchev–Trinajstić information content (AvgIpc) is 3.13. The van der Waals surface area contributed by atoms with Crippen LogP contribution in [-0.4, -0.2) is 60.6 Å². The van der Waals surface area contributed by atoms with Gasteiger partial charge in [0.15, 0.2) is 9.84 Å². The van der Waals surface area contributed by atoms with Crippen molar-refractivity contribution in [2.75, 3.05) is 37.0 Å². The first kappa shape index (κ1) is 21.0. The Labute approximate surface area is 186 Å². The summed E-state index contributed by atoms with van der Waals surface area (Å²) in [4.78, 5) is 15.8. The highest BCUT2D eigenvalue weighted by molar-refractivity contribution is 7.91. The molecule has 32 heavy (non-hydrogen) atoms. The van der Waals surface area contributed by atoms with E-state index >= 15 is 0 Å². The summed E-state index contributed by atoms with van der Waals surface area (Å²) in [5.74, 6) is 0.418. The number of hydrogen-bond acceptors (Lipinski definition) is 8. The number of hydrogen-bond donors (Lipinski definition) is 1. The molecule has 1 N–H and O–H groups in total. The molecule has 5 rings (SSSR count). The van der Waals surface area contributed by atoms with E-state index in [0.717, 1.165) is 28.1 Å². The zero-order valence-electron chi connectivity index (χ0n) is 17.7. The first-order valence-electron chi connectivity index (χ1n) is 10.5. The van der Waals surface area contributed by atoms with Gasteiger partial charge >= 0.3 is 0 Å². The fourth-order valence-corrected chi connectivity index (χ4v) is 5.59. The highest BCUT2D eigenvalue weighted by atomic mass is 32.2. The maximum Gasteiger partial charge on any atom is 0.229 e. The molecule has 8 nitrogen and oxygen atoms in total. The quantitative estimate of drug-likeness (QED) is 0.608. The van der Waals surface area contributed by atoms with E-state index in [1.807, 2.05) is 30.0 Å². The zero-order chi connectivity index (χ0) is 22.3. The van der Waals surface area contributed by atoms with E-state index < -0.39 is 9.84 Å². The molecule has 3 aromatic rings. The molecule has 0 amide bonds. The molecule has 9 heteroatoms. The lowest BCUT2D eigenvalue weighted by atomic mass is 9.81. The van der Waals surface area contributed by atoms with Crippen LogP contribution in [0.4, 0.5) is 11.6 Å². The van der Waals surface area contributed by atoms with Crippen LogP contribution in [0.3, 0.4) is 0 Å². The van der Waals surface area contributed by atoms with Crippen molar-refractivity contribution < 1.29 is 18.3 Å². The summed E-state index contributed by atoms with van der Waals surface area (Å²) in [5.41, 5.74) is 4.40. The number of aryl methyl sites for hydroxylation is 1. The Morgan fingerprint density at radius 2 is 1.91 bits per heavy atom. The first-order valence-corrected chi connectivity index (χ1v) is 12.2. The van der Waals surface area contributed by atoms with Crippen molar-refractivity contribution in [3.05, 3.63) is 60.0 Å². The van der Waals surface area contributed by atoms with Crippen LogP contribution in [-0.2, 0) is 20.0 Å². The molecule has 0 radical (unpaired) electrons. The van der Waals surface area contributed by atoms with Crippen LogP contribution in [0.25, 0.3) is 11.3 Å². The van der Waals surface area contributed by atoms with Gasteiger partial charge in [-0.3, -0.25) is 4.98 Å². The van der Waals surface area contributed by atoms with E-state index in [1.54, 1.807) is 30.7 Å². The molecule has 166 valence electrons. The lowest BCUT2D eigenvalue weighted by molar-refractivity contribution is -0.0507. The Hall–Kier alpha value is -2.88. The van der Waals surface area contributed by atoms with Gasteiger partial charge in [0, 0.05) is 43.0 Å². The third-order valence-corrected chi connectivity index (χ3v) is 7.87. The third-order valence-electron chi connectivity index (χ3n) is 6.07. The Morgan fingerprint density at radius 1 is 1.12 bits per heavy atom. The molecule has 0 bridgehead atoms. The van der Waals surface area contributed by atoms with Gasteiger partial charge in [0.25, 0.3) is 0 Å². The van der Waals surface area contributed by atoms with E-state index in [1.165, 1.54) is 0 Å². The number of aliphatic hydroxyl groups excluding tert-OH is 1. The fraction of sp³-hybridized carbons (Fsp3) is 0.348. The lowest BCUT2D eigenvalue weighted by Gasteiger charge is -2.38. The molecular weight excluding hydrogens is 428 g/mol. The fourth-order valence-electron chi connectivity index (χ4n) is 4.28. The Morgan fingerprint density at radius 3 is 2.56 bits per heavy atom. The van der Waals surface area contributed by atoms with E-state index in [-0.39, 0.29) is 29.1 Å². The summed E-state index contributed by atoms with van der Waals surface area (Å²) in [7, 11) is -3.49. The summed E-state index contributed by atoms with van der Waals surface area (Å²) < 4.78 is 30.9. The standard InChI is InChI=1S/C23H24N4O4S/c1-16-5-6-24-20(9-16)17-11-25-22(26-12-17)27-13-23(14-31-15-23)19-4-3-18(10-21(19)27)32(29,30)8-2-7-28/h3-6,9-12,28H,2,7-8,13-15H2,1H3. The minimum atomic E-state index is -3.49. The molecule has 4 heterocycles. The number of anilines is 2. The largest absolute Gasteiger partial charge is 0.396 e. The van der Waals surface area contributed by atoms with Gasteiger partial charge in [0.05, 0.1) is 35.0 Å². The Balaban J connectivity index is 1.51. The van der Waals surface area contributed by atoms with Crippen molar-refractivity contribution in [3.63, 3.8) is 0 Å². The molecule has 2 aliphatic heterocycles. The maximum absolute atomic E-state index is 12.7. The number of rotatable bonds is 6.